The molecule has 0 aliphatic heterocycles. The van der Waals surface area contributed by atoms with Crippen LogP contribution in [0.5, 0.6) is 0 Å². The molecule has 0 spiro atoms. The van der Waals surface area contributed by atoms with Crippen molar-refractivity contribution in [1.82, 2.24) is 4.98 Å². The molecule has 0 amide bonds. The van der Waals surface area contributed by atoms with Gasteiger partial charge in [-0.2, -0.15) is 0 Å². The Hall–Kier alpha value is -2.36. The first-order valence-electron chi connectivity index (χ1n) is 6.60. The Kier molecular flexibility index (Phi) is 4.71. The van der Waals surface area contributed by atoms with Crippen LogP contribution in [0.3, 0.4) is 0 Å². The largest absolute Gasteiger partial charge is 0.457 e. The van der Waals surface area contributed by atoms with Gasteiger partial charge in [0.15, 0.2) is 6.61 Å². The third kappa shape index (κ3) is 3.35. The van der Waals surface area contributed by atoms with Crippen molar-refractivity contribution in [3.05, 3.63) is 59.9 Å². The standard InChI is InChI=1S/C16H17NO3/c1-2-13(12-7-4-3-5-8-12)16(19)20-11-15(18)14-9-6-10-17-14/h3-10,13,17H,2,11H2,1H3/t13-/m1/s1. The Morgan fingerprint density at radius 3 is 2.50 bits per heavy atom. The van der Waals surface area contributed by atoms with E-state index in [1.54, 1.807) is 18.3 Å². The molecule has 4 heteroatoms. The Labute approximate surface area is 117 Å². The Morgan fingerprint density at radius 1 is 1.15 bits per heavy atom. The van der Waals surface area contributed by atoms with E-state index in [-0.39, 0.29) is 24.3 Å². The first-order valence-corrected chi connectivity index (χ1v) is 6.60. The van der Waals surface area contributed by atoms with Crippen molar-refractivity contribution in [2.75, 3.05) is 6.61 Å². The zero-order chi connectivity index (χ0) is 14.4. The summed E-state index contributed by atoms with van der Waals surface area (Å²) in [6.45, 7) is 1.69. The van der Waals surface area contributed by atoms with E-state index in [1.165, 1.54) is 0 Å². The third-order valence-corrected chi connectivity index (χ3v) is 3.14. The van der Waals surface area contributed by atoms with E-state index in [1.807, 2.05) is 37.3 Å². The third-order valence-electron chi connectivity index (χ3n) is 3.14. The lowest BCUT2D eigenvalue weighted by molar-refractivity contribution is -0.144. The van der Waals surface area contributed by atoms with Crippen LogP contribution in [0.2, 0.25) is 0 Å². The van der Waals surface area contributed by atoms with Crippen molar-refractivity contribution in [3.8, 4) is 0 Å². The molecule has 4 nitrogen and oxygen atoms in total. The van der Waals surface area contributed by atoms with Crippen molar-refractivity contribution in [1.29, 1.82) is 0 Å². The normalized spacial score (nSPS) is 11.8. The van der Waals surface area contributed by atoms with Gasteiger partial charge < -0.3 is 9.72 Å². The summed E-state index contributed by atoms with van der Waals surface area (Å²) in [7, 11) is 0. The summed E-state index contributed by atoms with van der Waals surface area (Å²) in [5.74, 6) is -0.919. The van der Waals surface area contributed by atoms with E-state index in [4.69, 9.17) is 4.74 Å². The number of carbonyl (C=O) groups excluding carboxylic acids is 2. The molecule has 0 aliphatic carbocycles. The van der Waals surface area contributed by atoms with Crippen molar-refractivity contribution in [2.45, 2.75) is 19.3 Å². The number of ketones is 1. The molecule has 104 valence electrons. The summed E-state index contributed by atoms with van der Waals surface area (Å²) in [5, 5.41) is 0. The van der Waals surface area contributed by atoms with Gasteiger partial charge in [0, 0.05) is 6.20 Å². The number of aromatic nitrogens is 1. The van der Waals surface area contributed by atoms with Gasteiger partial charge in [-0.15, -0.1) is 0 Å². The number of nitrogens with one attached hydrogen (secondary N) is 1. The van der Waals surface area contributed by atoms with Gasteiger partial charge in [0.25, 0.3) is 0 Å². The molecule has 0 aliphatic rings. The molecule has 0 saturated heterocycles. The number of ether oxygens (including phenoxy) is 1. The molecule has 1 aromatic heterocycles. The Bertz CT molecular complexity index is 561. The number of H-pyrrole nitrogens is 1. The fourth-order valence-corrected chi connectivity index (χ4v) is 2.04. The van der Waals surface area contributed by atoms with E-state index in [0.717, 1.165) is 5.56 Å². The van der Waals surface area contributed by atoms with E-state index < -0.39 is 0 Å². The molecule has 0 saturated carbocycles. The quantitative estimate of drug-likeness (QED) is 0.649. The van der Waals surface area contributed by atoms with Crippen molar-refractivity contribution < 1.29 is 14.3 Å². The second-order valence-electron chi connectivity index (χ2n) is 4.49. The highest BCUT2D eigenvalue weighted by Crippen LogP contribution is 2.20. The second-order valence-corrected chi connectivity index (χ2v) is 4.49. The number of hydrogen-bond donors (Lipinski definition) is 1. The van der Waals surface area contributed by atoms with Crippen LogP contribution in [0, 0.1) is 0 Å². The van der Waals surface area contributed by atoms with Crippen LogP contribution < -0.4 is 0 Å². The first kappa shape index (κ1) is 14.1. The lowest BCUT2D eigenvalue weighted by Gasteiger charge is -2.14. The fraction of sp³-hybridized carbons (Fsp3) is 0.250. The molecular formula is C16H17NO3. The Balaban J connectivity index is 1.95. The first-order chi connectivity index (χ1) is 9.72. The summed E-state index contributed by atoms with van der Waals surface area (Å²) in [5.41, 5.74) is 1.36. The number of benzene rings is 1. The Morgan fingerprint density at radius 2 is 1.90 bits per heavy atom. The number of rotatable bonds is 6. The zero-order valence-electron chi connectivity index (χ0n) is 11.3. The molecule has 2 rings (SSSR count). The highest BCUT2D eigenvalue weighted by Gasteiger charge is 2.21. The molecule has 0 radical (unpaired) electrons. The van der Waals surface area contributed by atoms with E-state index in [9.17, 15) is 9.59 Å². The SMILES string of the molecule is CC[C@@H](C(=O)OCC(=O)c1ccc[nH]1)c1ccccc1. The van der Waals surface area contributed by atoms with Gasteiger partial charge in [-0.05, 0) is 24.1 Å². The van der Waals surface area contributed by atoms with E-state index >= 15 is 0 Å². The summed E-state index contributed by atoms with van der Waals surface area (Å²) in [6.07, 6.45) is 2.30. The number of aromatic amines is 1. The maximum Gasteiger partial charge on any atom is 0.313 e. The predicted octanol–water partition coefficient (Wildman–Crippen LogP) is 2.93. The topological polar surface area (TPSA) is 59.2 Å². The molecule has 1 heterocycles. The van der Waals surface area contributed by atoms with Gasteiger partial charge in [0.2, 0.25) is 5.78 Å². The molecule has 0 fully saturated rings. The minimum atomic E-state index is -0.362. The van der Waals surface area contributed by atoms with Gasteiger partial charge in [-0.25, -0.2) is 0 Å². The van der Waals surface area contributed by atoms with Crippen molar-refractivity contribution in [3.63, 3.8) is 0 Å². The number of hydrogen-bond acceptors (Lipinski definition) is 3. The molecule has 1 atom stereocenters. The summed E-state index contributed by atoms with van der Waals surface area (Å²) >= 11 is 0. The second kappa shape index (κ2) is 6.70. The highest BCUT2D eigenvalue weighted by atomic mass is 16.5. The predicted molar refractivity (Wildman–Crippen MR) is 75.6 cm³/mol. The molecule has 20 heavy (non-hydrogen) atoms. The van der Waals surface area contributed by atoms with Crippen molar-refractivity contribution >= 4 is 11.8 Å². The fourth-order valence-electron chi connectivity index (χ4n) is 2.04. The summed E-state index contributed by atoms with van der Waals surface area (Å²) in [4.78, 5) is 26.6. The van der Waals surface area contributed by atoms with Crippen LogP contribution in [0.15, 0.2) is 48.7 Å². The van der Waals surface area contributed by atoms with Crippen LogP contribution in [-0.4, -0.2) is 23.3 Å². The monoisotopic (exact) mass is 271 g/mol. The molecule has 1 N–H and O–H groups in total. The lowest BCUT2D eigenvalue weighted by atomic mass is 9.97. The van der Waals surface area contributed by atoms with Crippen LogP contribution >= 0.6 is 0 Å². The molecule has 1 aromatic carbocycles. The molecule has 0 unspecified atom stereocenters. The minimum absolute atomic E-state index is 0.230. The molecule has 2 aromatic rings. The summed E-state index contributed by atoms with van der Waals surface area (Å²) < 4.78 is 5.13. The van der Waals surface area contributed by atoms with Crippen molar-refractivity contribution in [2.24, 2.45) is 0 Å². The van der Waals surface area contributed by atoms with Gasteiger partial charge in [0.1, 0.15) is 0 Å². The van der Waals surface area contributed by atoms with E-state index in [0.29, 0.717) is 12.1 Å². The van der Waals surface area contributed by atoms with Crippen LogP contribution in [-0.2, 0) is 9.53 Å². The highest BCUT2D eigenvalue weighted by molar-refractivity contribution is 5.96. The molecule has 0 bridgehead atoms. The average Bonchev–Trinajstić information content (AvgIpc) is 3.01. The minimum Gasteiger partial charge on any atom is -0.457 e. The number of Topliss-reactive ketones (excluding diaryl/α,β-unsaturated/α-hetero) is 1. The van der Waals surface area contributed by atoms with Gasteiger partial charge in [-0.3, -0.25) is 9.59 Å². The van der Waals surface area contributed by atoms with Crippen LogP contribution in [0.4, 0.5) is 0 Å². The summed E-state index contributed by atoms with van der Waals surface area (Å²) in [6, 6.07) is 12.8. The van der Waals surface area contributed by atoms with Gasteiger partial charge >= 0.3 is 5.97 Å². The molecular weight excluding hydrogens is 254 g/mol. The van der Waals surface area contributed by atoms with Crippen LogP contribution in [0.25, 0.3) is 0 Å². The van der Waals surface area contributed by atoms with E-state index in [2.05, 4.69) is 4.98 Å². The number of carbonyl (C=O) groups is 2. The van der Waals surface area contributed by atoms with Gasteiger partial charge in [0.05, 0.1) is 11.6 Å². The maximum atomic E-state index is 12.1. The lowest BCUT2D eigenvalue weighted by Crippen LogP contribution is -2.20. The van der Waals surface area contributed by atoms with Gasteiger partial charge in [-0.1, -0.05) is 37.3 Å². The smallest absolute Gasteiger partial charge is 0.313 e. The maximum absolute atomic E-state index is 12.1. The number of esters is 1. The zero-order valence-corrected chi connectivity index (χ0v) is 11.3. The average molecular weight is 271 g/mol. The van der Waals surface area contributed by atoms with Crippen LogP contribution in [0.1, 0.15) is 35.3 Å².